The fourth-order valence-corrected chi connectivity index (χ4v) is 1.97. The first-order chi connectivity index (χ1) is 8.59. The van der Waals surface area contributed by atoms with Crippen molar-refractivity contribution in [1.29, 1.82) is 0 Å². The molecule has 0 saturated carbocycles. The van der Waals surface area contributed by atoms with Crippen molar-refractivity contribution in [3.63, 3.8) is 0 Å². The summed E-state index contributed by atoms with van der Waals surface area (Å²) in [5.74, 6) is -1.28. The molecule has 6 nitrogen and oxygen atoms in total. The number of hydrogen-bond acceptors (Lipinski definition) is 4. The molecule has 100 valence electrons. The van der Waals surface area contributed by atoms with Gasteiger partial charge in [0.1, 0.15) is 0 Å². The number of carbonyl (C=O) groups is 2. The SMILES string of the molecule is O=C(NCCc1cccs1)NCC[C@H](O)C(=O)O. The van der Waals surface area contributed by atoms with Crippen LogP contribution in [0.1, 0.15) is 11.3 Å². The van der Waals surface area contributed by atoms with E-state index in [9.17, 15) is 9.59 Å². The molecule has 0 aliphatic rings. The maximum absolute atomic E-state index is 11.3. The molecule has 0 spiro atoms. The number of nitrogens with one attached hydrogen (secondary N) is 2. The van der Waals surface area contributed by atoms with Gasteiger partial charge in [-0.2, -0.15) is 0 Å². The normalized spacial score (nSPS) is 11.8. The Hall–Kier alpha value is -1.60. The molecular formula is C11H16N2O4S. The van der Waals surface area contributed by atoms with E-state index in [1.165, 1.54) is 4.88 Å². The van der Waals surface area contributed by atoms with Crippen molar-refractivity contribution in [2.24, 2.45) is 0 Å². The van der Waals surface area contributed by atoms with Gasteiger partial charge in [0.25, 0.3) is 0 Å². The molecule has 18 heavy (non-hydrogen) atoms. The van der Waals surface area contributed by atoms with E-state index >= 15 is 0 Å². The molecule has 1 atom stereocenters. The summed E-state index contributed by atoms with van der Waals surface area (Å²) in [7, 11) is 0. The first-order valence-corrected chi connectivity index (χ1v) is 6.42. The predicted molar refractivity (Wildman–Crippen MR) is 67.7 cm³/mol. The van der Waals surface area contributed by atoms with Crippen molar-refractivity contribution in [1.82, 2.24) is 10.6 Å². The molecule has 0 unspecified atom stereocenters. The second-order valence-electron chi connectivity index (χ2n) is 3.65. The number of carboxylic acids is 1. The number of carbonyl (C=O) groups excluding carboxylic acids is 1. The van der Waals surface area contributed by atoms with Gasteiger partial charge in [-0.25, -0.2) is 9.59 Å². The highest BCUT2D eigenvalue weighted by Gasteiger charge is 2.12. The molecule has 0 fully saturated rings. The van der Waals surface area contributed by atoms with Crippen molar-refractivity contribution in [3.05, 3.63) is 22.4 Å². The average molecular weight is 272 g/mol. The number of amides is 2. The summed E-state index contributed by atoms with van der Waals surface area (Å²) >= 11 is 1.63. The van der Waals surface area contributed by atoms with Gasteiger partial charge in [0.2, 0.25) is 0 Å². The Kier molecular flexibility index (Phi) is 6.16. The summed E-state index contributed by atoms with van der Waals surface area (Å²) in [6.07, 6.45) is -0.673. The quantitative estimate of drug-likeness (QED) is 0.578. The summed E-state index contributed by atoms with van der Waals surface area (Å²) in [6, 6.07) is 3.59. The lowest BCUT2D eigenvalue weighted by molar-refractivity contribution is -0.146. The van der Waals surface area contributed by atoms with Crippen LogP contribution in [0.15, 0.2) is 17.5 Å². The molecule has 4 N–H and O–H groups in total. The number of urea groups is 1. The Labute approximate surface area is 109 Å². The van der Waals surface area contributed by atoms with E-state index < -0.39 is 12.1 Å². The zero-order valence-corrected chi connectivity index (χ0v) is 10.6. The predicted octanol–water partition coefficient (Wildman–Crippen LogP) is 0.425. The Balaban J connectivity index is 2.05. The number of rotatable bonds is 7. The lowest BCUT2D eigenvalue weighted by atomic mass is 10.2. The van der Waals surface area contributed by atoms with Gasteiger partial charge in [-0.15, -0.1) is 11.3 Å². The fraction of sp³-hybridized carbons (Fsp3) is 0.455. The molecule has 1 aromatic heterocycles. The van der Waals surface area contributed by atoms with Gasteiger partial charge in [-0.1, -0.05) is 6.07 Å². The van der Waals surface area contributed by atoms with E-state index in [1.54, 1.807) is 11.3 Å². The molecule has 0 saturated heterocycles. The van der Waals surface area contributed by atoms with E-state index in [0.29, 0.717) is 6.54 Å². The molecule has 0 bridgehead atoms. The molecule has 1 rings (SSSR count). The van der Waals surface area contributed by atoms with Crippen molar-refractivity contribution < 1.29 is 19.8 Å². The van der Waals surface area contributed by atoms with Crippen LogP contribution in [0.4, 0.5) is 4.79 Å². The molecule has 7 heteroatoms. The summed E-state index contributed by atoms with van der Waals surface area (Å²) in [5.41, 5.74) is 0. The minimum absolute atomic E-state index is 0.00627. The largest absolute Gasteiger partial charge is 0.479 e. The number of thiophene rings is 1. The van der Waals surface area contributed by atoms with E-state index in [1.807, 2.05) is 17.5 Å². The number of aliphatic hydroxyl groups is 1. The Bertz CT molecular complexity index is 380. The second-order valence-corrected chi connectivity index (χ2v) is 4.69. The van der Waals surface area contributed by atoms with E-state index in [-0.39, 0.29) is 19.0 Å². The smallest absolute Gasteiger partial charge is 0.332 e. The molecule has 0 aliphatic carbocycles. The number of carboxylic acid groups (broad SMARTS) is 1. The minimum atomic E-state index is -1.43. The molecule has 0 aliphatic heterocycles. The standard InChI is InChI=1S/C11H16N2O4S/c14-9(10(15)16)4-6-13-11(17)12-5-3-8-2-1-7-18-8/h1-2,7,9,14H,3-6H2,(H,15,16)(H2,12,13,17)/t9-/m0/s1. The van der Waals surface area contributed by atoms with Gasteiger partial charge in [0.05, 0.1) is 0 Å². The van der Waals surface area contributed by atoms with E-state index in [2.05, 4.69) is 10.6 Å². The van der Waals surface area contributed by atoms with Crippen LogP contribution in [-0.2, 0) is 11.2 Å². The summed E-state index contributed by atoms with van der Waals surface area (Å²) in [4.78, 5) is 22.8. The monoisotopic (exact) mass is 272 g/mol. The maximum atomic E-state index is 11.3. The van der Waals surface area contributed by atoms with Crippen LogP contribution in [0.5, 0.6) is 0 Å². The van der Waals surface area contributed by atoms with E-state index in [0.717, 1.165) is 6.42 Å². The van der Waals surface area contributed by atoms with Crippen LogP contribution in [0, 0.1) is 0 Å². The molecule has 1 heterocycles. The number of aliphatic carboxylic acids is 1. The third kappa shape index (κ3) is 5.65. The lowest BCUT2D eigenvalue weighted by Gasteiger charge is -2.08. The van der Waals surface area contributed by atoms with Crippen molar-refractivity contribution in [2.75, 3.05) is 13.1 Å². The molecule has 2 amide bonds. The second kappa shape index (κ2) is 7.67. The third-order valence-electron chi connectivity index (χ3n) is 2.23. The Morgan fingerprint density at radius 2 is 2.06 bits per heavy atom. The van der Waals surface area contributed by atoms with Gasteiger partial charge in [0.15, 0.2) is 6.10 Å². The van der Waals surface area contributed by atoms with Crippen LogP contribution >= 0.6 is 11.3 Å². The van der Waals surface area contributed by atoms with Crippen LogP contribution in [-0.4, -0.2) is 41.4 Å². The van der Waals surface area contributed by atoms with Crippen molar-refractivity contribution >= 4 is 23.3 Å². The number of aliphatic hydroxyl groups excluding tert-OH is 1. The summed E-state index contributed by atoms with van der Waals surface area (Å²) in [5, 5.41) is 24.5. The molecule has 0 aromatic carbocycles. The van der Waals surface area contributed by atoms with Crippen LogP contribution < -0.4 is 10.6 Å². The topological polar surface area (TPSA) is 98.7 Å². The number of hydrogen-bond donors (Lipinski definition) is 4. The average Bonchev–Trinajstić information content (AvgIpc) is 2.81. The zero-order valence-electron chi connectivity index (χ0n) is 9.76. The lowest BCUT2D eigenvalue weighted by Crippen LogP contribution is -2.38. The van der Waals surface area contributed by atoms with Crippen molar-refractivity contribution in [3.8, 4) is 0 Å². The maximum Gasteiger partial charge on any atom is 0.332 e. The van der Waals surface area contributed by atoms with Crippen LogP contribution in [0.2, 0.25) is 0 Å². The Morgan fingerprint density at radius 3 is 2.67 bits per heavy atom. The van der Waals surface area contributed by atoms with Gasteiger partial charge >= 0.3 is 12.0 Å². The van der Waals surface area contributed by atoms with Gasteiger partial charge in [0, 0.05) is 24.4 Å². The van der Waals surface area contributed by atoms with E-state index in [4.69, 9.17) is 10.2 Å². The summed E-state index contributed by atoms with van der Waals surface area (Å²) in [6.45, 7) is 0.645. The minimum Gasteiger partial charge on any atom is -0.479 e. The van der Waals surface area contributed by atoms with Crippen LogP contribution in [0.25, 0.3) is 0 Å². The first kappa shape index (κ1) is 14.5. The highest BCUT2D eigenvalue weighted by Crippen LogP contribution is 2.07. The first-order valence-electron chi connectivity index (χ1n) is 5.54. The molecule has 1 aromatic rings. The molecule has 0 radical (unpaired) electrons. The summed E-state index contributed by atoms with van der Waals surface area (Å²) < 4.78 is 0. The van der Waals surface area contributed by atoms with Gasteiger partial charge in [-0.05, 0) is 17.9 Å². The van der Waals surface area contributed by atoms with Gasteiger partial charge < -0.3 is 20.8 Å². The van der Waals surface area contributed by atoms with Gasteiger partial charge in [-0.3, -0.25) is 0 Å². The third-order valence-corrected chi connectivity index (χ3v) is 3.16. The zero-order chi connectivity index (χ0) is 13.4. The van der Waals surface area contributed by atoms with Crippen LogP contribution in [0.3, 0.4) is 0 Å². The highest BCUT2D eigenvalue weighted by atomic mass is 32.1. The Morgan fingerprint density at radius 1 is 1.33 bits per heavy atom. The van der Waals surface area contributed by atoms with Crippen molar-refractivity contribution in [2.45, 2.75) is 18.9 Å². The fourth-order valence-electron chi connectivity index (χ4n) is 1.26. The highest BCUT2D eigenvalue weighted by molar-refractivity contribution is 7.09. The molecular weight excluding hydrogens is 256 g/mol.